The van der Waals surface area contributed by atoms with Crippen LogP contribution in [0.15, 0.2) is 0 Å². The minimum Gasteiger partial charge on any atom is -0.394 e. The number of likely N-dealkylation sites (N-methyl/N-ethyl adjacent to an activating group) is 1. The summed E-state index contributed by atoms with van der Waals surface area (Å²) in [6.45, 7) is 4.27. The molecule has 2 N–H and O–H groups in total. The summed E-state index contributed by atoms with van der Waals surface area (Å²) < 4.78 is 1.95. The van der Waals surface area contributed by atoms with Gasteiger partial charge < -0.3 is 15.5 Å². The van der Waals surface area contributed by atoms with Crippen molar-refractivity contribution in [2.45, 2.75) is 32.2 Å². The van der Waals surface area contributed by atoms with Crippen molar-refractivity contribution in [1.82, 2.24) is 14.7 Å². The Kier molecular flexibility index (Phi) is 3.80. The van der Waals surface area contributed by atoms with Crippen LogP contribution < -0.4 is 10.6 Å². The minimum atomic E-state index is 0.558. The molecule has 1 aromatic heterocycles. The van der Waals surface area contributed by atoms with Crippen molar-refractivity contribution in [2.75, 3.05) is 37.8 Å². The number of hydrogen-bond acceptors (Lipinski definition) is 4. The van der Waals surface area contributed by atoms with Crippen molar-refractivity contribution in [3.8, 4) is 0 Å². The van der Waals surface area contributed by atoms with Crippen LogP contribution >= 0.6 is 0 Å². The number of hydrogen-bond donors (Lipinski definition) is 1. The zero-order chi connectivity index (χ0) is 13.3. The third-order valence-electron chi connectivity index (χ3n) is 3.69. The van der Waals surface area contributed by atoms with Crippen LogP contribution in [0.5, 0.6) is 0 Å². The molecule has 1 saturated heterocycles. The average Bonchev–Trinajstić information content (AvgIpc) is 2.83. The largest absolute Gasteiger partial charge is 0.394 e. The normalized spacial score (nSPS) is 20.1. The molecule has 5 heteroatoms. The standard InChI is InChI=1S/C13H25N5/c1-5-11-12(14)13(17(4)15-11)18-8-6-7-10(18)9-16(2)3/h10H,5-9,14H2,1-4H3. The third kappa shape index (κ3) is 2.32. The van der Waals surface area contributed by atoms with Crippen molar-refractivity contribution in [2.24, 2.45) is 7.05 Å². The molecule has 0 radical (unpaired) electrons. The van der Waals surface area contributed by atoms with E-state index >= 15 is 0 Å². The van der Waals surface area contributed by atoms with E-state index in [1.807, 2.05) is 11.7 Å². The van der Waals surface area contributed by atoms with E-state index in [9.17, 15) is 0 Å². The van der Waals surface area contributed by atoms with Crippen LogP contribution in [-0.4, -0.2) is 47.9 Å². The first-order chi connectivity index (χ1) is 8.54. The maximum absolute atomic E-state index is 6.25. The van der Waals surface area contributed by atoms with Crippen LogP contribution in [0.4, 0.5) is 11.5 Å². The highest BCUT2D eigenvalue weighted by Crippen LogP contribution is 2.32. The molecule has 1 aliphatic heterocycles. The molecule has 1 unspecified atom stereocenters. The molecule has 5 nitrogen and oxygen atoms in total. The second-order valence-corrected chi connectivity index (χ2v) is 5.41. The fourth-order valence-electron chi connectivity index (χ4n) is 2.91. The molecule has 1 atom stereocenters. The summed E-state index contributed by atoms with van der Waals surface area (Å²) in [6, 6.07) is 0.558. The van der Waals surface area contributed by atoms with Gasteiger partial charge in [0.25, 0.3) is 0 Å². The van der Waals surface area contributed by atoms with Crippen LogP contribution in [-0.2, 0) is 13.5 Å². The molecule has 0 bridgehead atoms. The predicted octanol–water partition coefficient (Wildman–Crippen LogP) is 1.10. The molecule has 2 rings (SSSR count). The van der Waals surface area contributed by atoms with Crippen molar-refractivity contribution in [3.05, 3.63) is 5.69 Å². The van der Waals surface area contributed by atoms with E-state index in [4.69, 9.17) is 5.73 Å². The number of rotatable bonds is 4. The van der Waals surface area contributed by atoms with Crippen molar-refractivity contribution in [3.63, 3.8) is 0 Å². The molecule has 0 amide bonds. The van der Waals surface area contributed by atoms with Gasteiger partial charge in [0.05, 0.1) is 11.4 Å². The molecule has 0 aromatic carbocycles. The van der Waals surface area contributed by atoms with Crippen LogP contribution in [0.25, 0.3) is 0 Å². The molecule has 102 valence electrons. The highest BCUT2D eigenvalue weighted by atomic mass is 15.4. The van der Waals surface area contributed by atoms with Gasteiger partial charge in [0, 0.05) is 26.2 Å². The van der Waals surface area contributed by atoms with Gasteiger partial charge in [0.2, 0.25) is 0 Å². The predicted molar refractivity (Wildman–Crippen MR) is 75.9 cm³/mol. The number of aromatic nitrogens is 2. The monoisotopic (exact) mass is 251 g/mol. The first kappa shape index (κ1) is 13.2. The molecule has 0 saturated carbocycles. The van der Waals surface area contributed by atoms with Gasteiger partial charge in [-0.15, -0.1) is 0 Å². The number of aryl methyl sites for hydroxylation is 2. The number of nitrogens with two attached hydrogens (primary N) is 1. The third-order valence-corrected chi connectivity index (χ3v) is 3.69. The summed E-state index contributed by atoms with van der Waals surface area (Å²) in [5, 5.41) is 4.52. The van der Waals surface area contributed by atoms with Crippen LogP contribution in [0.1, 0.15) is 25.5 Å². The number of nitrogen functional groups attached to an aromatic ring is 1. The Bertz CT molecular complexity index is 410. The van der Waals surface area contributed by atoms with Crippen LogP contribution in [0, 0.1) is 0 Å². The maximum Gasteiger partial charge on any atom is 0.150 e. The van der Waals surface area contributed by atoms with Gasteiger partial charge in [0.1, 0.15) is 0 Å². The summed E-state index contributed by atoms with van der Waals surface area (Å²) in [5.74, 6) is 1.11. The Labute approximate surface area is 110 Å². The number of anilines is 2. The van der Waals surface area contributed by atoms with E-state index < -0.39 is 0 Å². The highest BCUT2D eigenvalue weighted by Gasteiger charge is 2.29. The minimum absolute atomic E-state index is 0.558. The molecule has 1 aromatic rings. The van der Waals surface area contributed by atoms with E-state index in [1.54, 1.807) is 0 Å². The van der Waals surface area contributed by atoms with Crippen molar-refractivity contribution in [1.29, 1.82) is 0 Å². The van der Waals surface area contributed by atoms with E-state index in [0.29, 0.717) is 6.04 Å². The lowest BCUT2D eigenvalue weighted by molar-refractivity contribution is 0.370. The number of nitrogens with zero attached hydrogens (tertiary/aromatic N) is 4. The van der Waals surface area contributed by atoms with E-state index in [2.05, 4.69) is 35.9 Å². The molecule has 0 aliphatic carbocycles. The summed E-state index contributed by atoms with van der Waals surface area (Å²) in [7, 11) is 6.25. The van der Waals surface area contributed by atoms with Crippen molar-refractivity contribution < 1.29 is 0 Å². The molecular formula is C13H25N5. The molecular weight excluding hydrogens is 226 g/mol. The van der Waals surface area contributed by atoms with Gasteiger partial charge in [0.15, 0.2) is 5.82 Å². The summed E-state index contributed by atoms with van der Waals surface area (Å²) >= 11 is 0. The molecule has 2 heterocycles. The molecule has 0 spiro atoms. The van der Waals surface area contributed by atoms with Gasteiger partial charge in [-0.05, 0) is 33.4 Å². The van der Waals surface area contributed by atoms with E-state index in [1.165, 1.54) is 12.8 Å². The quantitative estimate of drug-likeness (QED) is 0.870. The lowest BCUT2D eigenvalue weighted by Crippen LogP contribution is -2.38. The first-order valence-electron chi connectivity index (χ1n) is 6.77. The summed E-state index contributed by atoms with van der Waals surface area (Å²) in [4.78, 5) is 4.68. The van der Waals surface area contributed by atoms with Gasteiger partial charge in [-0.1, -0.05) is 6.92 Å². The SMILES string of the molecule is CCc1nn(C)c(N2CCCC2CN(C)C)c1N. The Hall–Kier alpha value is -1.23. The smallest absolute Gasteiger partial charge is 0.150 e. The van der Waals surface area contributed by atoms with Crippen molar-refractivity contribution >= 4 is 11.5 Å². The highest BCUT2D eigenvalue weighted by molar-refractivity contribution is 5.67. The topological polar surface area (TPSA) is 50.3 Å². The van der Waals surface area contributed by atoms with Crippen LogP contribution in [0.2, 0.25) is 0 Å². The van der Waals surface area contributed by atoms with E-state index in [-0.39, 0.29) is 0 Å². The fraction of sp³-hybridized carbons (Fsp3) is 0.769. The van der Waals surface area contributed by atoms with Gasteiger partial charge in [-0.2, -0.15) is 5.10 Å². The second kappa shape index (κ2) is 5.18. The molecule has 1 aliphatic rings. The Morgan fingerprint density at radius 2 is 2.17 bits per heavy atom. The lowest BCUT2D eigenvalue weighted by atomic mass is 10.2. The Morgan fingerprint density at radius 3 is 2.72 bits per heavy atom. The van der Waals surface area contributed by atoms with Gasteiger partial charge >= 0.3 is 0 Å². The van der Waals surface area contributed by atoms with Gasteiger partial charge in [-0.3, -0.25) is 4.68 Å². The molecule has 1 fully saturated rings. The Balaban J connectivity index is 2.27. The van der Waals surface area contributed by atoms with Crippen LogP contribution in [0.3, 0.4) is 0 Å². The zero-order valence-corrected chi connectivity index (χ0v) is 12.0. The summed E-state index contributed by atoms with van der Waals surface area (Å²) in [6.07, 6.45) is 3.38. The fourth-order valence-corrected chi connectivity index (χ4v) is 2.91. The summed E-state index contributed by atoms with van der Waals surface area (Å²) in [5.41, 5.74) is 8.13. The maximum atomic E-state index is 6.25. The van der Waals surface area contributed by atoms with E-state index in [0.717, 1.165) is 36.7 Å². The molecule has 18 heavy (non-hydrogen) atoms. The second-order valence-electron chi connectivity index (χ2n) is 5.41. The first-order valence-corrected chi connectivity index (χ1v) is 6.77. The lowest BCUT2D eigenvalue weighted by Gasteiger charge is -2.29. The van der Waals surface area contributed by atoms with Gasteiger partial charge in [-0.25, -0.2) is 0 Å². The Morgan fingerprint density at radius 1 is 1.44 bits per heavy atom. The average molecular weight is 251 g/mol. The zero-order valence-electron chi connectivity index (χ0n) is 12.0.